The molecule has 0 N–H and O–H groups in total. The molecule has 0 rings (SSSR count). The van der Waals surface area contributed by atoms with Gasteiger partial charge in [0.1, 0.15) is 19.8 Å². The molecule has 0 aromatic carbocycles. The quantitative estimate of drug-likeness (QED) is 0.190. The van der Waals surface area contributed by atoms with Gasteiger partial charge in [-0.05, 0) is 27.7 Å². The predicted molar refractivity (Wildman–Crippen MR) is 70.4 cm³/mol. The van der Waals surface area contributed by atoms with Crippen LogP contribution in [0.1, 0.15) is 34.1 Å². The highest BCUT2D eigenvalue weighted by atomic mass is 17.2. The molecule has 0 saturated heterocycles. The first kappa shape index (κ1) is 18.0. The van der Waals surface area contributed by atoms with Crippen molar-refractivity contribution in [1.82, 2.24) is 0 Å². The van der Waals surface area contributed by atoms with E-state index in [0.717, 1.165) is 0 Å². The first-order valence-electron chi connectivity index (χ1n) is 6.65. The lowest BCUT2D eigenvalue weighted by Crippen LogP contribution is -2.48. The molecule has 6 nitrogen and oxygen atoms in total. The van der Waals surface area contributed by atoms with Crippen molar-refractivity contribution in [3.05, 3.63) is 12.2 Å². The first-order chi connectivity index (χ1) is 9.01. The van der Waals surface area contributed by atoms with Gasteiger partial charge < -0.3 is 4.74 Å². The molecule has 0 saturated carbocycles. The van der Waals surface area contributed by atoms with Crippen molar-refractivity contribution in [1.29, 1.82) is 0 Å². The van der Waals surface area contributed by atoms with Gasteiger partial charge in [0.15, 0.2) is 6.54 Å². The van der Waals surface area contributed by atoms with Gasteiger partial charge in [-0.1, -0.05) is 6.58 Å². The molecule has 19 heavy (non-hydrogen) atoms. The third kappa shape index (κ3) is 7.27. The molecule has 0 amide bonds. The van der Waals surface area contributed by atoms with Gasteiger partial charge in [-0.2, -0.15) is 0 Å². The summed E-state index contributed by atoms with van der Waals surface area (Å²) in [5.74, 6) is -0.387. The van der Waals surface area contributed by atoms with Gasteiger partial charge in [0.05, 0.1) is 11.6 Å². The van der Waals surface area contributed by atoms with E-state index in [1.165, 1.54) is 0 Å². The number of nitrogens with zero attached hydrogens (tertiary/aromatic N) is 1. The van der Waals surface area contributed by atoms with Crippen LogP contribution in [0.15, 0.2) is 12.2 Å². The van der Waals surface area contributed by atoms with Crippen LogP contribution in [-0.4, -0.2) is 43.9 Å². The number of hydrogen-bond acceptors (Lipinski definition) is 5. The average molecular weight is 276 g/mol. The van der Waals surface area contributed by atoms with Gasteiger partial charge >= 0.3 is 5.97 Å². The largest absolute Gasteiger partial charge is 0.462 e. The molecule has 0 radical (unpaired) electrons. The molecule has 0 fully saturated rings. The van der Waals surface area contributed by atoms with E-state index in [2.05, 4.69) is 6.58 Å². The third-order valence-electron chi connectivity index (χ3n) is 2.14. The molecule has 0 bridgehead atoms. The summed E-state index contributed by atoms with van der Waals surface area (Å²) in [6.07, 6.45) is 0.568. The maximum atomic E-state index is 11.2. The highest BCUT2D eigenvalue weighted by molar-refractivity contribution is 5.86. The minimum absolute atomic E-state index is 0.277. The maximum absolute atomic E-state index is 11.2. The van der Waals surface area contributed by atoms with E-state index < -0.39 is 0 Å². The molecule has 0 aromatic rings. The van der Waals surface area contributed by atoms with E-state index in [1.54, 1.807) is 6.92 Å². The summed E-state index contributed by atoms with van der Waals surface area (Å²) < 4.78 is 5.02. The minimum Gasteiger partial charge on any atom is -0.462 e. The Balaban J connectivity index is 4.24. The van der Waals surface area contributed by atoms with Crippen LogP contribution in [0.25, 0.3) is 0 Å². The summed E-state index contributed by atoms with van der Waals surface area (Å²) in [6, 6.07) is 0. The molecule has 0 atom stereocenters. The van der Waals surface area contributed by atoms with Crippen molar-refractivity contribution >= 4 is 5.97 Å². The molecule has 0 unspecified atom stereocenters. The molecule has 0 aliphatic heterocycles. The second-order valence-corrected chi connectivity index (χ2v) is 3.86. The van der Waals surface area contributed by atoms with E-state index in [1.807, 2.05) is 20.8 Å². The van der Waals surface area contributed by atoms with Crippen LogP contribution in [0.5, 0.6) is 0 Å². The maximum Gasteiger partial charge on any atom is 0.333 e. The van der Waals surface area contributed by atoms with Crippen LogP contribution in [0.3, 0.4) is 0 Å². The Hall–Kier alpha value is -0.950. The fraction of sp³-hybridized carbons (Fsp3) is 0.769. The Morgan fingerprint density at radius 1 is 1.05 bits per heavy atom. The smallest absolute Gasteiger partial charge is 0.333 e. The second kappa shape index (κ2) is 9.91. The summed E-state index contributed by atoms with van der Waals surface area (Å²) in [6.45, 7) is 12.8. The number of rotatable bonds is 11. The predicted octanol–water partition coefficient (Wildman–Crippen LogP) is 2.17. The van der Waals surface area contributed by atoms with Gasteiger partial charge in [0.25, 0.3) is 0 Å². The molecule has 0 heterocycles. The zero-order valence-electron chi connectivity index (χ0n) is 12.4. The first-order valence-corrected chi connectivity index (χ1v) is 6.65. The van der Waals surface area contributed by atoms with Crippen LogP contribution < -0.4 is 0 Å². The van der Waals surface area contributed by atoms with Gasteiger partial charge in [-0.3, -0.25) is 0 Å². The number of ether oxygens (including phenoxy) is 1. The van der Waals surface area contributed by atoms with Crippen LogP contribution in [0.2, 0.25) is 0 Å². The van der Waals surface area contributed by atoms with Crippen molar-refractivity contribution in [3.63, 3.8) is 0 Å². The van der Waals surface area contributed by atoms with Gasteiger partial charge in [-0.15, -0.1) is 14.5 Å². The summed E-state index contributed by atoms with van der Waals surface area (Å²) in [4.78, 5) is 27.4. The number of quaternary nitrogens is 1. The van der Waals surface area contributed by atoms with E-state index in [-0.39, 0.29) is 17.5 Å². The molecule has 6 heteroatoms. The zero-order valence-corrected chi connectivity index (χ0v) is 12.4. The average Bonchev–Trinajstić information content (AvgIpc) is 2.35. The topological polar surface area (TPSA) is 54.0 Å². The van der Waals surface area contributed by atoms with Crippen LogP contribution in [-0.2, 0) is 24.0 Å². The van der Waals surface area contributed by atoms with E-state index in [0.29, 0.717) is 38.4 Å². The molecule has 0 spiro atoms. The lowest BCUT2D eigenvalue weighted by molar-refractivity contribution is -1.37. The fourth-order valence-corrected chi connectivity index (χ4v) is 1.44. The van der Waals surface area contributed by atoms with Crippen molar-refractivity contribution in [3.8, 4) is 0 Å². The summed E-state index contributed by atoms with van der Waals surface area (Å²) >= 11 is 0. The highest BCUT2D eigenvalue weighted by Gasteiger charge is 2.33. The lowest BCUT2D eigenvalue weighted by atomic mass is 10.3. The zero-order chi connectivity index (χ0) is 14.7. The fourth-order valence-electron chi connectivity index (χ4n) is 1.44. The Morgan fingerprint density at radius 2 is 1.53 bits per heavy atom. The number of carbonyl (C=O) groups excluding carboxylic acids is 1. The molecular weight excluding hydrogens is 250 g/mol. The van der Waals surface area contributed by atoms with Gasteiger partial charge in [0.2, 0.25) is 0 Å². The number of esters is 1. The highest BCUT2D eigenvalue weighted by Crippen LogP contribution is 2.13. The number of hydrogen-bond donors (Lipinski definition) is 0. The molecular formula is C13H26NO5+. The SMILES string of the molecule is C=C(C)C(=O)OCCC[N+](OCC)(OCC)OCC. The standard InChI is InChI=1S/C13H26NO5/c1-6-17-14(18-7-2,19-8-3)10-9-11-16-13(15)12(4)5/h4,6-11H2,1-3,5H3/q+1. The molecule has 0 aliphatic rings. The van der Waals surface area contributed by atoms with Crippen molar-refractivity contribution in [2.45, 2.75) is 34.1 Å². The Labute approximate surface area is 115 Å². The summed E-state index contributed by atoms with van der Waals surface area (Å²) in [5, 5.41) is 0. The Bertz CT molecular complexity index is 263. The van der Waals surface area contributed by atoms with Crippen molar-refractivity contribution in [2.75, 3.05) is 33.0 Å². The number of carbonyl (C=O) groups is 1. The van der Waals surface area contributed by atoms with Crippen LogP contribution in [0.4, 0.5) is 0 Å². The lowest BCUT2D eigenvalue weighted by Gasteiger charge is -2.28. The summed E-state index contributed by atoms with van der Waals surface area (Å²) in [5.41, 5.74) is 0.389. The monoisotopic (exact) mass is 276 g/mol. The molecule has 112 valence electrons. The van der Waals surface area contributed by atoms with Crippen LogP contribution in [0, 0.1) is 0 Å². The van der Waals surface area contributed by atoms with Crippen molar-refractivity contribution < 1.29 is 29.0 Å². The van der Waals surface area contributed by atoms with Crippen LogP contribution >= 0.6 is 0 Å². The van der Waals surface area contributed by atoms with E-state index >= 15 is 0 Å². The second-order valence-electron chi connectivity index (χ2n) is 3.86. The molecule has 0 aliphatic carbocycles. The third-order valence-corrected chi connectivity index (χ3v) is 2.14. The number of hydroxylamine groups is 3. The minimum atomic E-state index is -0.387. The van der Waals surface area contributed by atoms with Crippen molar-refractivity contribution in [2.24, 2.45) is 0 Å². The Kier molecular flexibility index (Phi) is 9.42. The normalized spacial score (nSPS) is 11.4. The Morgan fingerprint density at radius 3 is 1.89 bits per heavy atom. The van der Waals surface area contributed by atoms with Gasteiger partial charge in [-0.25, -0.2) is 4.79 Å². The van der Waals surface area contributed by atoms with Gasteiger partial charge in [0, 0.05) is 12.0 Å². The van der Waals surface area contributed by atoms with E-state index in [9.17, 15) is 4.79 Å². The molecule has 0 aromatic heterocycles. The summed E-state index contributed by atoms with van der Waals surface area (Å²) in [7, 11) is 0. The van der Waals surface area contributed by atoms with E-state index in [4.69, 9.17) is 19.2 Å².